The molecule has 3 N–H and O–H groups in total. The number of rotatable bonds is 8. The summed E-state index contributed by atoms with van der Waals surface area (Å²) in [7, 11) is 5.89. The first-order valence-corrected chi connectivity index (χ1v) is 9.33. The number of nitrogens with zero attached hydrogens (tertiary/aromatic N) is 2. The molecule has 7 nitrogen and oxygen atoms in total. The number of benzene rings is 1. The highest BCUT2D eigenvalue weighted by Gasteiger charge is 2.16. The lowest BCUT2D eigenvalue weighted by molar-refractivity contribution is 0.0529. The summed E-state index contributed by atoms with van der Waals surface area (Å²) in [5.74, 6) is 0.709. The third-order valence-electron chi connectivity index (χ3n) is 3.86. The highest BCUT2D eigenvalue weighted by Crippen LogP contribution is 2.06. The fraction of sp³-hybridized carbons (Fsp3) is 0.600. The van der Waals surface area contributed by atoms with Crippen LogP contribution < -0.4 is 16.0 Å². The Morgan fingerprint density at radius 3 is 2.30 bits per heavy atom. The summed E-state index contributed by atoms with van der Waals surface area (Å²) in [5, 5.41) is 9.27. The molecule has 1 aromatic carbocycles. The lowest BCUT2D eigenvalue weighted by Gasteiger charge is -2.26. The number of carbonyl (C=O) groups excluding carboxylic acids is 1. The van der Waals surface area contributed by atoms with Crippen molar-refractivity contribution in [2.75, 3.05) is 40.8 Å². The van der Waals surface area contributed by atoms with Gasteiger partial charge in [0.25, 0.3) is 0 Å². The predicted molar refractivity (Wildman–Crippen MR) is 111 cm³/mol. The van der Waals surface area contributed by atoms with Crippen molar-refractivity contribution in [3.8, 4) is 0 Å². The minimum atomic E-state index is -0.491. The smallest absolute Gasteiger partial charge is 0.407 e. The van der Waals surface area contributed by atoms with E-state index in [0.717, 1.165) is 13.0 Å². The van der Waals surface area contributed by atoms with Crippen LogP contribution in [0.25, 0.3) is 0 Å². The second-order valence-corrected chi connectivity index (χ2v) is 7.62. The van der Waals surface area contributed by atoms with Crippen LogP contribution in [0.1, 0.15) is 26.3 Å². The number of nitrogens with one attached hydrogen (secondary N) is 3. The lowest BCUT2D eigenvalue weighted by Crippen LogP contribution is -2.47. The summed E-state index contributed by atoms with van der Waals surface area (Å²) in [6.45, 7) is 7.30. The summed E-state index contributed by atoms with van der Waals surface area (Å²) in [6, 6.07) is 10.8. The molecule has 0 aliphatic rings. The molecule has 1 rings (SSSR count). The van der Waals surface area contributed by atoms with Crippen molar-refractivity contribution in [3.05, 3.63) is 35.9 Å². The SMILES string of the molecule is CN=C(NCCNC(=O)OC(C)(C)C)NCC(Cc1ccccc1)N(C)C. The zero-order chi connectivity index (χ0) is 20.3. The predicted octanol–water partition coefficient (Wildman–Crippen LogP) is 1.85. The maximum absolute atomic E-state index is 11.6. The van der Waals surface area contributed by atoms with Gasteiger partial charge in [0.15, 0.2) is 5.96 Å². The number of ether oxygens (including phenoxy) is 1. The Morgan fingerprint density at radius 1 is 1.11 bits per heavy atom. The van der Waals surface area contributed by atoms with Gasteiger partial charge in [-0.3, -0.25) is 4.99 Å². The molecule has 7 heteroatoms. The van der Waals surface area contributed by atoms with Gasteiger partial charge < -0.3 is 25.6 Å². The van der Waals surface area contributed by atoms with Gasteiger partial charge in [0, 0.05) is 32.7 Å². The van der Waals surface area contributed by atoms with Crippen LogP contribution >= 0.6 is 0 Å². The first kappa shape index (κ1) is 22.8. The van der Waals surface area contributed by atoms with E-state index in [1.165, 1.54) is 5.56 Å². The van der Waals surface area contributed by atoms with Crippen LogP contribution in [0.3, 0.4) is 0 Å². The van der Waals surface area contributed by atoms with Crippen molar-refractivity contribution >= 4 is 12.1 Å². The van der Waals surface area contributed by atoms with Gasteiger partial charge >= 0.3 is 6.09 Å². The Balaban J connectivity index is 2.36. The average Bonchev–Trinajstić information content (AvgIpc) is 2.59. The highest BCUT2D eigenvalue weighted by molar-refractivity contribution is 5.79. The van der Waals surface area contributed by atoms with Crippen LogP contribution in [0.5, 0.6) is 0 Å². The molecule has 0 saturated heterocycles. The molecule has 0 fully saturated rings. The van der Waals surface area contributed by atoms with Gasteiger partial charge in [-0.25, -0.2) is 4.79 Å². The average molecular weight is 378 g/mol. The van der Waals surface area contributed by atoms with Gasteiger partial charge in [0.05, 0.1) is 0 Å². The molecule has 152 valence electrons. The zero-order valence-electron chi connectivity index (χ0n) is 17.5. The maximum atomic E-state index is 11.6. The highest BCUT2D eigenvalue weighted by atomic mass is 16.6. The number of guanidine groups is 1. The Morgan fingerprint density at radius 2 is 1.74 bits per heavy atom. The van der Waals surface area contributed by atoms with Crippen LogP contribution in [-0.2, 0) is 11.2 Å². The summed E-state index contributed by atoms with van der Waals surface area (Å²) in [6.07, 6.45) is 0.542. The van der Waals surface area contributed by atoms with Gasteiger partial charge in [-0.05, 0) is 46.9 Å². The molecule has 1 atom stereocenters. The molecule has 0 bridgehead atoms. The molecular weight excluding hydrogens is 342 g/mol. The number of carbonyl (C=O) groups is 1. The molecule has 1 aromatic rings. The standard InChI is InChI=1S/C20H35N5O2/c1-20(2,3)27-19(26)23-13-12-22-18(21-4)24-15-17(25(5)6)14-16-10-8-7-9-11-16/h7-11,17H,12-15H2,1-6H3,(H,23,26)(H2,21,22,24). The molecule has 0 aliphatic heterocycles. The van der Waals surface area contributed by atoms with E-state index in [2.05, 4.69) is 64.2 Å². The van der Waals surface area contributed by atoms with E-state index in [-0.39, 0.29) is 0 Å². The minimum absolute atomic E-state index is 0.339. The van der Waals surface area contributed by atoms with Crippen molar-refractivity contribution in [3.63, 3.8) is 0 Å². The van der Waals surface area contributed by atoms with E-state index in [4.69, 9.17) is 4.74 Å². The van der Waals surface area contributed by atoms with Crippen LogP contribution in [0.4, 0.5) is 4.79 Å². The molecule has 0 spiro atoms. The van der Waals surface area contributed by atoms with Crippen molar-refractivity contribution in [1.29, 1.82) is 0 Å². The van der Waals surface area contributed by atoms with Crippen molar-refractivity contribution in [2.45, 2.75) is 38.8 Å². The molecule has 0 heterocycles. The number of aliphatic imine (C=N–C) groups is 1. The zero-order valence-corrected chi connectivity index (χ0v) is 17.5. The summed E-state index contributed by atoms with van der Waals surface area (Å²) in [5.41, 5.74) is 0.817. The first-order chi connectivity index (χ1) is 12.7. The van der Waals surface area contributed by atoms with E-state index in [1.807, 2.05) is 26.8 Å². The molecular formula is C20H35N5O2. The van der Waals surface area contributed by atoms with E-state index in [9.17, 15) is 4.79 Å². The fourth-order valence-electron chi connectivity index (χ4n) is 2.42. The molecule has 0 aliphatic carbocycles. The Kier molecular flexibility index (Phi) is 9.64. The van der Waals surface area contributed by atoms with Crippen LogP contribution in [0, 0.1) is 0 Å². The van der Waals surface area contributed by atoms with Crippen molar-refractivity contribution < 1.29 is 9.53 Å². The monoisotopic (exact) mass is 377 g/mol. The van der Waals surface area contributed by atoms with Crippen molar-refractivity contribution in [1.82, 2.24) is 20.9 Å². The summed E-state index contributed by atoms with van der Waals surface area (Å²) in [4.78, 5) is 18.1. The number of likely N-dealkylation sites (N-methyl/N-ethyl adjacent to an activating group) is 1. The first-order valence-electron chi connectivity index (χ1n) is 9.33. The van der Waals surface area contributed by atoms with E-state index < -0.39 is 11.7 Å². The second-order valence-electron chi connectivity index (χ2n) is 7.62. The number of alkyl carbamates (subject to hydrolysis) is 1. The third kappa shape index (κ3) is 10.5. The molecule has 1 amide bonds. The number of amides is 1. The Bertz CT molecular complexity index is 582. The van der Waals surface area contributed by atoms with Gasteiger partial charge in [0.2, 0.25) is 0 Å². The maximum Gasteiger partial charge on any atom is 0.407 e. The van der Waals surface area contributed by atoms with Gasteiger partial charge in [0.1, 0.15) is 5.60 Å². The van der Waals surface area contributed by atoms with Gasteiger partial charge in [-0.15, -0.1) is 0 Å². The normalized spacial score (nSPS) is 13.2. The van der Waals surface area contributed by atoms with Crippen LogP contribution in [0.2, 0.25) is 0 Å². The van der Waals surface area contributed by atoms with Gasteiger partial charge in [-0.2, -0.15) is 0 Å². The topological polar surface area (TPSA) is 78.0 Å². The molecule has 0 radical (unpaired) electrons. The number of hydrogen-bond donors (Lipinski definition) is 3. The van der Waals surface area contributed by atoms with Crippen molar-refractivity contribution in [2.24, 2.45) is 4.99 Å². The van der Waals surface area contributed by atoms with E-state index in [1.54, 1.807) is 7.05 Å². The van der Waals surface area contributed by atoms with Gasteiger partial charge in [-0.1, -0.05) is 30.3 Å². The molecule has 0 saturated carbocycles. The second kappa shape index (κ2) is 11.4. The fourth-order valence-corrected chi connectivity index (χ4v) is 2.42. The third-order valence-corrected chi connectivity index (χ3v) is 3.86. The lowest BCUT2D eigenvalue weighted by atomic mass is 10.1. The quantitative estimate of drug-likeness (QED) is 0.366. The molecule has 1 unspecified atom stereocenters. The van der Waals surface area contributed by atoms with E-state index >= 15 is 0 Å². The summed E-state index contributed by atoms with van der Waals surface area (Å²) < 4.78 is 5.20. The van der Waals surface area contributed by atoms with Crippen LogP contribution in [0.15, 0.2) is 35.3 Å². The number of hydrogen-bond acceptors (Lipinski definition) is 4. The largest absolute Gasteiger partial charge is 0.444 e. The minimum Gasteiger partial charge on any atom is -0.444 e. The Hall–Kier alpha value is -2.28. The Labute approximate surface area is 163 Å². The molecule has 27 heavy (non-hydrogen) atoms. The van der Waals surface area contributed by atoms with Crippen LogP contribution in [-0.4, -0.2) is 69.4 Å². The summed E-state index contributed by atoms with van der Waals surface area (Å²) >= 11 is 0. The van der Waals surface area contributed by atoms with E-state index in [0.29, 0.717) is 25.1 Å². The molecule has 0 aromatic heterocycles.